The second-order valence-corrected chi connectivity index (χ2v) is 3.37. The summed E-state index contributed by atoms with van der Waals surface area (Å²) in [5.41, 5.74) is 0. The van der Waals surface area contributed by atoms with Gasteiger partial charge in [-0.3, -0.25) is 4.90 Å². The third-order valence-electron chi connectivity index (χ3n) is 2.10. The molecule has 13 heavy (non-hydrogen) atoms. The molecule has 0 bridgehead atoms. The van der Waals surface area contributed by atoms with Crippen LogP contribution in [-0.2, 0) is 4.74 Å². The number of hydrogen-bond acceptors (Lipinski definition) is 2. The van der Waals surface area contributed by atoms with E-state index in [1.165, 1.54) is 0 Å². The Morgan fingerprint density at radius 1 is 1.69 bits per heavy atom. The molecule has 1 rings (SSSR count). The van der Waals surface area contributed by atoms with Crippen molar-refractivity contribution in [3.8, 4) is 0 Å². The van der Waals surface area contributed by atoms with E-state index in [-0.39, 0.29) is 12.1 Å². The number of amides is 1. The van der Waals surface area contributed by atoms with Crippen molar-refractivity contribution in [2.75, 3.05) is 6.61 Å². The number of ether oxygens (including phenoxy) is 1. The van der Waals surface area contributed by atoms with Gasteiger partial charge in [-0.2, -0.15) is 0 Å². The van der Waals surface area contributed by atoms with Gasteiger partial charge in [0.1, 0.15) is 6.61 Å². The molecule has 1 heterocycles. The Kier molecular flexibility index (Phi) is 3.12. The first-order chi connectivity index (χ1) is 6.16. The van der Waals surface area contributed by atoms with Crippen molar-refractivity contribution < 1.29 is 9.53 Å². The highest BCUT2D eigenvalue weighted by Crippen LogP contribution is 2.19. The highest BCUT2D eigenvalue weighted by Gasteiger charge is 2.32. The average molecular weight is 181 g/mol. The molecule has 1 aliphatic rings. The van der Waals surface area contributed by atoms with Crippen molar-refractivity contribution in [2.45, 2.75) is 19.9 Å². The van der Waals surface area contributed by atoms with Crippen LogP contribution in [0.15, 0.2) is 24.9 Å². The lowest BCUT2D eigenvalue weighted by molar-refractivity contribution is 0.166. The van der Waals surface area contributed by atoms with Crippen molar-refractivity contribution in [1.29, 1.82) is 0 Å². The minimum absolute atomic E-state index is 0.156. The van der Waals surface area contributed by atoms with Crippen LogP contribution < -0.4 is 0 Å². The smallest absolute Gasteiger partial charge is 0.414 e. The van der Waals surface area contributed by atoms with E-state index >= 15 is 0 Å². The summed E-state index contributed by atoms with van der Waals surface area (Å²) in [7, 11) is 0. The normalized spacial score (nSPS) is 22.8. The lowest BCUT2D eigenvalue weighted by atomic mass is 10.1. The fraction of sp³-hybridized carbons (Fsp3) is 0.500. The summed E-state index contributed by atoms with van der Waals surface area (Å²) in [6, 6.07) is 0.156. The predicted molar refractivity (Wildman–Crippen MR) is 51.2 cm³/mol. The van der Waals surface area contributed by atoms with Gasteiger partial charge in [-0.25, -0.2) is 4.79 Å². The number of carbonyl (C=O) groups excluding carboxylic acids is 1. The summed E-state index contributed by atoms with van der Waals surface area (Å²) < 4.78 is 4.94. The van der Waals surface area contributed by atoms with Gasteiger partial charge >= 0.3 is 6.09 Å². The maximum Gasteiger partial charge on any atom is 0.414 e. The summed E-state index contributed by atoms with van der Waals surface area (Å²) in [6.07, 6.45) is 4.83. The van der Waals surface area contributed by atoms with Gasteiger partial charge in [0.25, 0.3) is 0 Å². The zero-order valence-corrected chi connectivity index (χ0v) is 8.06. The van der Waals surface area contributed by atoms with Gasteiger partial charge in [-0.1, -0.05) is 26.5 Å². The van der Waals surface area contributed by atoms with Crippen molar-refractivity contribution >= 4 is 6.09 Å². The molecule has 1 unspecified atom stereocenters. The van der Waals surface area contributed by atoms with E-state index in [4.69, 9.17) is 4.74 Å². The highest BCUT2D eigenvalue weighted by atomic mass is 16.6. The van der Waals surface area contributed by atoms with Gasteiger partial charge in [-0.15, -0.1) is 0 Å². The quantitative estimate of drug-likeness (QED) is 0.624. The summed E-state index contributed by atoms with van der Waals surface area (Å²) >= 11 is 0. The molecule has 3 nitrogen and oxygen atoms in total. The van der Waals surface area contributed by atoms with Crippen molar-refractivity contribution in [2.24, 2.45) is 5.92 Å². The Hall–Kier alpha value is -1.25. The maximum absolute atomic E-state index is 11.2. The summed E-state index contributed by atoms with van der Waals surface area (Å²) in [4.78, 5) is 12.8. The Morgan fingerprint density at radius 3 is 2.92 bits per heavy atom. The molecule has 72 valence electrons. The molecule has 1 fully saturated rings. The van der Waals surface area contributed by atoms with Crippen molar-refractivity contribution in [3.05, 3.63) is 24.9 Å². The van der Waals surface area contributed by atoms with Crippen molar-refractivity contribution in [1.82, 2.24) is 4.90 Å². The monoisotopic (exact) mass is 181 g/mol. The predicted octanol–water partition coefficient (Wildman–Crippen LogP) is 2.16. The fourth-order valence-electron chi connectivity index (χ4n) is 1.29. The fourth-order valence-corrected chi connectivity index (χ4v) is 1.29. The average Bonchev–Trinajstić information content (AvgIpc) is 2.43. The van der Waals surface area contributed by atoms with E-state index in [1.54, 1.807) is 23.3 Å². The molecule has 0 aliphatic carbocycles. The van der Waals surface area contributed by atoms with Crippen LogP contribution >= 0.6 is 0 Å². The Balaban J connectivity index is 2.70. The van der Waals surface area contributed by atoms with Crippen LogP contribution in [-0.4, -0.2) is 23.6 Å². The zero-order valence-electron chi connectivity index (χ0n) is 8.06. The molecular weight excluding hydrogens is 166 g/mol. The minimum atomic E-state index is -0.267. The summed E-state index contributed by atoms with van der Waals surface area (Å²) in [5.74, 6) is 0.404. The highest BCUT2D eigenvalue weighted by molar-refractivity contribution is 5.71. The van der Waals surface area contributed by atoms with Gasteiger partial charge in [0.15, 0.2) is 0 Å². The molecule has 0 aromatic rings. The number of nitrogens with zero attached hydrogens (tertiary/aromatic N) is 1. The molecule has 1 amide bonds. The number of carbonyl (C=O) groups is 1. The number of allylic oxidation sites excluding steroid dienone is 2. The third-order valence-corrected chi connectivity index (χ3v) is 2.10. The van der Waals surface area contributed by atoms with E-state index in [0.717, 1.165) is 0 Å². The molecule has 1 aliphatic heterocycles. The molecule has 0 aromatic carbocycles. The van der Waals surface area contributed by atoms with Gasteiger partial charge in [0.05, 0.1) is 6.04 Å². The van der Waals surface area contributed by atoms with E-state index in [0.29, 0.717) is 12.5 Å². The van der Waals surface area contributed by atoms with Gasteiger partial charge in [0.2, 0.25) is 0 Å². The van der Waals surface area contributed by atoms with Crippen LogP contribution in [0.5, 0.6) is 0 Å². The summed E-state index contributed by atoms with van der Waals surface area (Å²) in [6.45, 7) is 8.18. The van der Waals surface area contributed by atoms with Crippen LogP contribution in [0.3, 0.4) is 0 Å². The molecule has 0 radical (unpaired) electrons. The molecule has 1 atom stereocenters. The van der Waals surface area contributed by atoms with Crippen molar-refractivity contribution in [3.63, 3.8) is 0 Å². The molecule has 1 saturated heterocycles. The standard InChI is InChI=1S/C10H15NO2/c1-4-5-6-11-9(8(2)3)7-13-10(11)12/h4-6,8-9H,1,7H2,2-3H3/b6-5+. The van der Waals surface area contributed by atoms with Crippen LogP contribution in [0.25, 0.3) is 0 Å². The van der Waals surface area contributed by atoms with Crippen LogP contribution in [0.2, 0.25) is 0 Å². The Morgan fingerprint density at radius 2 is 2.38 bits per heavy atom. The van der Waals surface area contributed by atoms with E-state index in [9.17, 15) is 4.79 Å². The van der Waals surface area contributed by atoms with E-state index in [1.807, 2.05) is 0 Å². The van der Waals surface area contributed by atoms with Crippen LogP contribution in [0, 0.1) is 5.92 Å². The lowest BCUT2D eigenvalue weighted by Crippen LogP contribution is -2.32. The van der Waals surface area contributed by atoms with Gasteiger partial charge in [-0.05, 0) is 12.0 Å². The first-order valence-electron chi connectivity index (χ1n) is 4.41. The Bertz CT molecular complexity index is 233. The number of hydrogen-bond donors (Lipinski definition) is 0. The van der Waals surface area contributed by atoms with E-state index in [2.05, 4.69) is 20.4 Å². The molecule has 0 N–H and O–H groups in total. The number of rotatable bonds is 3. The first kappa shape index (κ1) is 9.84. The topological polar surface area (TPSA) is 29.5 Å². The molecule has 0 aromatic heterocycles. The maximum atomic E-state index is 11.2. The van der Waals surface area contributed by atoms with Crippen LogP contribution in [0.4, 0.5) is 4.79 Å². The minimum Gasteiger partial charge on any atom is -0.447 e. The van der Waals surface area contributed by atoms with Gasteiger partial charge < -0.3 is 4.74 Å². The van der Waals surface area contributed by atoms with E-state index < -0.39 is 0 Å². The largest absolute Gasteiger partial charge is 0.447 e. The third kappa shape index (κ3) is 2.11. The van der Waals surface area contributed by atoms with Crippen LogP contribution in [0.1, 0.15) is 13.8 Å². The SMILES string of the molecule is C=C/C=C/N1C(=O)OCC1C(C)C. The molecule has 3 heteroatoms. The van der Waals surface area contributed by atoms with Gasteiger partial charge in [0, 0.05) is 6.20 Å². The first-order valence-corrected chi connectivity index (χ1v) is 4.41. The Labute approximate surface area is 78.7 Å². The number of cyclic esters (lactones) is 1. The zero-order chi connectivity index (χ0) is 9.84. The molecule has 0 saturated carbocycles. The molecular formula is C10H15NO2. The second kappa shape index (κ2) is 4.12. The molecule has 0 spiro atoms. The second-order valence-electron chi connectivity index (χ2n) is 3.37. The summed E-state index contributed by atoms with van der Waals surface area (Å²) in [5, 5.41) is 0. The lowest BCUT2D eigenvalue weighted by Gasteiger charge is -2.20.